The number of nitrogens with one attached hydrogen (secondary N) is 1. The van der Waals surface area contributed by atoms with Crippen molar-refractivity contribution in [1.82, 2.24) is 4.98 Å². The maximum Gasteiger partial charge on any atom is 0.241 e. The van der Waals surface area contributed by atoms with E-state index in [1.807, 2.05) is 50.2 Å². The van der Waals surface area contributed by atoms with Gasteiger partial charge in [-0.05, 0) is 54.2 Å². The van der Waals surface area contributed by atoms with Gasteiger partial charge in [-0.1, -0.05) is 44.2 Å². The van der Waals surface area contributed by atoms with Gasteiger partial charge in [0.2, 0.25) is 11.8 Å². The number of nitrogens with two attached hydrogens (primary N) is 1. The van der Waals surface area contributed by atoms with E-state index in [4.69, 9.17) is 15.2 Å². The molecule has 168 valence electrons. The molecule has 7 heteroatoms. The number of hydrogen-bond donors (Lipinski definition) is 2. The zero-order valence-electron chi connectivity index (χ0n) is 18.2. The Labute approximate surface area is 194 Å². The number of aromatic nitrogens is 1. The fourth-order valence-electron chi connectivity index (χ4n) is 3.49. The number of nitrogens with zero attached hydrogens (tertiary/aromatic N) is 1. The van der Waals surface area contributed by atoms with Crippen molar-refractivity contribution in [3.63, 3.8) is 0 Å². The predicted molar refractivity (Wildman–Crippen MR) is 128 cm³/mol. The second-order valence-corrected chi connectivity index (χ2v) is 8.07. The Morgan fingerprint density at radius 3 is 2.62 bits per heavy atom. The van der Waals surface area contributed by atoms with Crippen LogP contribution >= 0.6 is 12.4 Å². The minimum Gasteiger partial charge on any atom is -0.485 e. The van der Waals surface area contributed by atoms with E-state index in [0.717, 1.165) is 24.2 Å². The summed E-state index contributed by atoms with van der Waals surface area (Å²) in [5.41, 5.74) is 8.77. The largest absolute Gasteiger partial charge is 0.485 e. The molecule has 1 aliphatic rings. The molecule has 6 nitrogen and oxygen atoms in total. The fourth-order valence-corrected chi connectivity index (χ4v) is 3.49. The first kappa shape index (κ1) is 23.6. The van der Waals surface area contributed by atoms with Crippen LogP contribution in [0.5, 0.6) is 17.4 Å². The smallest absolute Gasteiger partial charge is 0.241 e. The van der Waals surface area contributed by atoms with Crippen molar-refractivity contribution in [3.05, 3.63) is 78.0 Å². The van der Waals surface area contributed by atoms with Crippen molar-refractivity contribution in [3.8, 4) is 17.4 Å². The Bertz CT molecular complexity index is 1040. The van der Waals surface area contributed by atoms with Crippen molar-refractivity contribution in [2.45, 2.75) is 38.8 Å². The lowest BCUT2D eigenvalue weighted by Crippen LogP contribution is -2.39. The second kappa shape index (κ2) is 10.5. The predicted octanol–water partition coefficient (Wildman–Crippen LogP) is 5.28. The van der Waals surface area contributed by atoms with Gasteiger partial charge in [-0.25, -0.2) is 4.98 Å². The van der Waals surface area contributed by atoms with Crippen LogP contribution in [0.2, 0.25) is 0 Å². The number of amides is 1. The maximum atomic E-state index is 12.1. The maximum absolute atomic E-state index is 12.1. The number of ether oxygens (including phenoxy) is 2. The Morgan fingerprint density at radius 1 is 1.16 bits per heavy atom. The van der Waals surface area contributed by atoms with Gasteiger partial charge in [-0.15, -0.1) is 12.4 Å². The number of benzene rings is 2. The van der Waals surface area contributed by atoms with Crippen LogP contribution in [0.15, 0.2) is 66.9 Å². The molecular weight excluding hydrogens is 426 g/mol. The summed E-state index contributed by atoms with van der Waals surface area (Å²) >= 11 is 0. The Morgan fingerprint density at radius 2 is 1.94 bits per heavy atom. The van der Waals surface area contributed by atoms with Crippen LogP contribution in [0, 0.1) is 5.92 Å². The number of fused-ring (bicyclic) bond motifs is 1. The number of carbonyl (C=O) groups is 1. The first-order valence-electron chi connectivity index (χ1n) is 10.5. The highest BCUT2D eigenvalue weighted by Gasteiger charge is 2.22. The molecule has 2 heterocycles. The van der Waals surface area contributed by atoms with E-state index in [-0.39, 0.29) is 30.3 Å². The van der Waals surface area contributed by atoms with E-state index in [9.17, 15) is 4.79 Å². The number of aryl methyl sites for hydroxylation is 1. The van der Waals surface area contributed by atoms with Crippen molar-refractivity contribution >= 4 is 24.0 Å². The SMILES string of the molecule is CC(C)C(N)C(=O)Nc1ccc(Oc2ccc3c(c2)CCC(c2ccccc2)O3)nc1.Cl. The second-order valence-electron chi connectivity index (χ2n) is 8.07. The molecule has 2 unspecified atom stereocenters. The summed E-state index contributed by atoms with van der Waals surface area (Å²) in [6.45, 7) is 3.82. The number of pyridine rings is 1. The van der Waals surface area contributed by atoms with E-state index in [0.29, 0.717) is 17.3 Å². The van der Waals surface area contributed by atoms with Crippen LogP contribution in [0.3, 0.4) is 0 Å². The zero-order chi connectivity index (χ0) is 21.8. The van der Waals surface area contributed by atoms with Crippen LogP contribution in [-0.4, -0.2) is 16.9 Å². The molecule has 4 rings (SSSR count). The lowest BCUT2D eigenvalue weighted by molar-refractivity contribution is -0.118. The molecule has 2 aromatic carbocycles. The lowest BCUT2D eigenvalue weighted by atomic mass is 9.97. The van der Waals surface area contributed by atoms with Gasteiger partial charge >= 0.3 is 0 Å². The molecule has 2 atom stereocenters. The third kappa shape index (κ3) is 5.58. The topological polar surface area (TPSA) is 86.5 Å². The van der Waals surface area contributed by atoms with Crippen LogP contribution in [-0.2, 0) is 11.2 Å². The summed E-state index contributed by atoms with van der Waals surface area (Å²) in [6, 6.07) is 19.0. The summed E-state index contributed by atoms with van der Waals surface area (Å²) in [5, 5.41) is 2.77. The van der Waals surface area contributed by atoms with Gasteiger partial charge in [0.05, 0.1) is 17.9 Å². The number of halogens is 1. The summed E-state index contributed by atoms with van der Waals surface area (Å²) in [5.74, 6) is 1.87. The van der Waals surface area contributed by atoms with E-state index in [2.05, 4.69) is 22.4 Å². The molecule has 0 saturated heterocycles. The molecule has 1 aliphatic heterocycles. The van der Waals surface area contributed by atoms with Crippen LogP contribution in [0.25, 0.3) is 0 Å². The van der Waals surface area contributed by atoms with Crippen LogP contribution in [0.1, 0.15) is 37.5 Å². The molecular formula is C25H28ClN3O3. The van der Waals surface area contributed by atoms with Gasteiger partial charge in [0.15, 0.2) is 0 Å². The van der Waals surface area contributed by atoms with Crippen molar-refractivity contribution in [2.75, 3.05) is 5.32 Å². The summed E-state index contributed by atoms with van der Waals surface area (Å²) < 4.78 is 12.1. The number of carbonyl (C=O) groups excluding carboxylic acids is 1. The number of rotatable bonds is 6. The molecule has 3 N–H and O–H groups in total. The lowest BCUT2D eigenvalue weighted by Gasteiger charge is -2.26. The van der Waals surface area contributed by atoms with Gasteiger partial charge in [-0.3, -0.25) is 4.79 Å². The average Bonchev–Trinajstić information content (AvgIpc) is 2.80. The molecule has 0 saturated carbocycles. The van der Waals surface area contributed by atoms with Crippen LogP contribution in [0.4, 0.5) is 5.69 Å². The highest BCUT2D eigenvalue weighted by atomic mass is 35.5. The summed E-state index contributed by atoms with van der Waals surface area (Å²) in [6.07, 6.45) is 3.48. The van der Waals surface area contributed by atoms with Gasteiger partial charge in [-0.2, -0.15) is 0 Å². The normalized spacial score (nSPS) is 15.7. The third-order valence-electron chi connectivity index (χ3n) is 5.40. The quantitative estimate of drug-likeness (QED) is 0.530. The standard InChI is InChI=1S/C25H27N3O3.ClH/c1-16(2)24(26)25(29)28-19-9-13-23(27-15-19)30-20-10-12-22-18(14-20)8-11-21(31-22)17-6-4-3-5-7-17;/h3-7,9-10,12-16,21,24H,8,11,26H2,1-2H3,(H,28,29);1H. The Hall–Kier alpha value is -3.09. The van der Waals surface area contributed by atoms with E-state index < -0.39 is 6.04 Å². The molecule has 32 heavy (non-hydrogen) atoms. The average molecular weight is 454 g/mol. The molecule has 0 fully saturated rings. The Kier molecular flexibility index (Phi) is 7.72. The monoisotopic (exact) mass is 453 g/mol. The van der Waals surface area contributed by atoms with E-state index in [1.54, 1.807) is 18.3 Å². The van der Waals surface area contributed by atoms with Crippen LogP contribution < -0.4 is 20.5 Å². The van der Waals surface area contributed by atoms with Crippen molar-refractivity contribution in [2.24, 2.45) is 11.7 Å². The van der Waals surface area contributed by atoms with E-state index >= 15 is 0 Å². The first-order chi connectivity index (χ1) is 15.0. The van der Waals surface area contributed by atoms with Gasteiger partial charge in [0, 0.05) is 6.07 Å². The summed E-state index contributed by atoms with van der Waals surface area (Å²) in [7, 11) is 0. The van der Waals surface area contributed by atoms with Gasteiger partial charge in [0.1, 0.15) is 17.6 Å². The van der Waals surface area contributed by atoms with E-state index in [1.165, 1.54) is 5.56 Å². The minimum atomic E-state index is -0.560. The van der Waals surface area contributed by atoms with Gasteiger partial charge < -0.3 is 20.5 Å². The number of anilines is 1. The highest BCUT2D eigenvalue weighted by molar-refractivity contribution is 5.94. The highest BCUT2D eigenvalue weighted by Crippen LogP contribution is 2.37. The Balaban J connectivity index is 0.00000289. The first-order valence-corrected chi connectivity index (χ1v) is 10.5. The molecule has 0 aliphatic carbocycles. The van der Waals surface area contributed by atoms with Crippen molar-refractivity contribution in [1.29, 1.82) is 0 Å². The zero-order valence-corrected chi connectivity index (χ0v) is 19.0. The molecule has 1 amide bonds. The molecule has 0 bridgehead atoms. The minimum absolute atomic E-state index is 0. The summed E-state index contributed by atoms with van der Waals surface area (Å²) in [4.78, 5) is 16.4. The molecule has 3 aromatic rings. The number of hydrogen-bond acceptors (Lipinski definition) is 5. The third-order valence-corrected chi connectivity index (χ3v) is 5.40. The molecule has 1 aromatic heterocycles. The molecule has 0 spiro atoms. The fraction of sp³-hybridized carbons (Fsp3) is 0.280. The van der Waals surface area contributed by atoms with Crippen molar-refractivity contribution < 1.29 is 14.3 Å². The molecule has 0 radical (unpaired) electrons. The van der Waals surface area contributed by atoms with Gasteiger partial charge in [0.25, 0.3) is 0 Å².